The summed E-state index contributed by atoms with van der Waals surface area (Å²) in [5.74, 6) is 2.27. The monoisotopic (exact) mass is 646 g/mol. The summed E-state index contributed by atoms with van der Waals surface area (Å²) in [5, 5.41) is 0. The van der Waals surface area contributed by atoms with Gasteiger partial charge in [0.2, 0.25) is 0 Å². The van der Waals surface area contributed by atoms with E-state index in [4.69, 9.17) is 49.1 Å². The number of carbonyl (C=O) groups excluding carboxylic acids is 1. The SMILES string of the molecule is C#CCOCCOCCOCCOCCOCCOCCOCCOCCOC(=O)CCCCCCCCCCCCCCC. The van der Waals surface area contributed by atoms with Crippen LogP contribution in [0.25, 0.3) is 0 Å². The van der Waals surface area contributed by atoms with Gasteiger partial charge in [0.1, 0.15) is 13.2 Å². The van der Waals surface area contributed by atoms with Crippen LogP contribution in [0.5, 0.6) is 0 Å². The fourth-order valence-corrected chi connectivity index (χ4v) is 4.24. The minimum atomic E-state index is -0.130. The third kappa shape index (κ3) is 40.7. The molecule has 0 spiro atoms. The second-order valence-electron chi connectivity index (χ2n) is 10.8. The van der Waals surface area contributed by atoms with Crippen LogP contribution < -0.4 is 0 Å². The Morgan fingerprint density at radius 1 is 0.422 bits per heavy atom. The highest BCUT2D eigenvalue weighted by atomic mass is 16.6. The van der Waals surface area contributed by atoms with Crippen LogP contribution in [0.15, 0.2) is 0 Å². The van der Waals surface area contributed by atoms with Crippen molar-refractivity contribution in [2.75, 3.05) is 112 Å². The minimum Gasteiger partial charge on any atom is -0.463 e. The van der Waals surface area contributed by atoms with Gasteiger partial charge in [-0.15, -0.1) is 6.42 Å². The van der Waals surface area contributed by atoms with E-state index >= 15 is 0 Å². The Labute approximate surface area is 274 Å². The van der Waals surface area contributed by atoms with E-state index in [0.29, 0.717) is 119 Å². The van der Waals surface area contributed by atoms with Crippen molar-refractivity contribution in [3.63, 3.8) is 0 Å². The number of unbranched alkanes of at least 4 members (excludes halogenated alkanes) is 12. The van der Waals surface area contributed by atoms with Crippen LogP contribution in [0.1, 0.15) is 96.8 Å². The predicted octanol–water partition coefficient (Wildman–Crippen LogP) is 5.78. The molecule has 0 bridgehead atoms. The van der Waals surface area contributed by atoms with Crippen LogP contribution >= 0.6 is 0 Å². The summed E-state index contributed by atoms with van der Waals surface area (Å²) in [6.45, 7) is 10.2. The largest absolute Gasteiger partial charge is 0.463 e. The molecule has 0 fully saturated rings. The molecule has 266 valence electrons. The molecule has 0 radical (unpaired) electrons. The summed E-state index contributed by atoms with van der Waals surface area (Å²) in [6, 6.07) is 0. The van der Waals surface area contributed by atoms with Crippen LogP contribution in [0, 0.1) is 12.3 Å². The Morgan fingerprint density at radius 3 is 1.04 bits per heavy atom. The van der Waals surface area contributed by atoms with Gasteiger partial charge in [-0.1, -0.05) is 89.9 Å². The zero-order valence-corrected chi connectivity index (χ0v) is 28.6. The maximum Gasteiger partial charge on any atom is 0.305 e. The Kier molecular flexibility index (Phi) is 39.6. The van der Waals surface area contributed by atoms with Crippen molar-refractivity contribution in [1.82, 2.24) is 0 Å². The molecule has 45 heavy (non-hydrogen) atoms. The van der Waals surface area contributed by atoms with Crippen LogP contribution in [0.4, 0.5) is 0 Å². The highest BCUT2D eigenvalue weighted by molar-refractivity contribution is 5.69. The van der Waals surface area contributed by atoms with Crippen molar-refractivity contribution < 1.29 is 47.4 Å². The molecule has 0 aliphatic rings. The molecule has 0 atom stereocenters. The average Bonchev–Trinajstić information content (AvgIpc) is 3.05. The third-order valence-electron chi connectivity index (χ3n) is 6.76. The fraction of sp³-hybridized carbons (Fsp3) is 0.914. The van der Waals surface area contributed by atoms with E-state index in [9.17, 15) is 4.79 Å². The summed E-state index contributed by atoms with van der Waals surface area (Å²) >= 11 is 0. The third-order valence-corrected chi connectivity index (χ3v) is 6.76. The lowest BCUT2D eigenvalue weighted by atomic mass is 10.0. The second-order valence-corrected chi connectivity index (χ2v) is 10.8. The van der Waals surface area contributed by atoms with Crippen molar-refractivity contribution >= 4 is 5.97 Å². The van der Waals surface area contributed by atoms with E-state index in [1.165, 1.54) is 70.6 Å². The number of esters is 1. The molecule has 0 unspecified atom stereocenters. The highest BCUT2D eigenvalue weighted by Gasteiger charge is 2.03. The molecular formula is C35H66O10. The maximum atomic E-state index is 11.8. The number of hydrogen-bond donors (Lipinski definition) is 0. The van der Waals surface area contributed by atoms with E-state index in [-0.39, 0.29) is 5.97 Å². The summed E-state index contributed by atoms with van der Waals surface area (Å²) in [4.78, 5) is 11.8. The lowest BCUT2D eigenvalue weighted by Gasteiger charge is -2.09. The molecule has 0 N–H and O–H groups in total. The van der Waals surface area contributed by atoms with Gasteiger partial charge in [-0.25, -0.2) is 0 Å². The molecule has 0 aliphatic carbocycles. The summed E-state index contributed by atoms with van der Waals surface area (Å²) in [5.41, 5.74) is 0. The topological polar surface area (TPSA) is 100 Å². The summed E-state index contributed by atoms with van der Waals surface area (Å²) < 4.78 is 48.4. The number of rotatable bonds is 39. The van der Waals surface area contributed by atoms with E-state index in [1.54, 1.807) is 0 Å². The van der Waals surface area contributed by atoms with Gasteiger partial charge in [-0.3, -0.25) is 4.79 Å². The van der Waals surface area contributed by atoms with E-state index in [2.05, 4.69) is 12.8 Å². The quantitative estimate of drug-likeness (QED) is 0.0465. The lowest BCUT2D eigenvalue weighted by Crippen LogP contribution is -2.15. The molecule has 0 rings (SSSR count). The van der Waals surface area contributed by atoms with Crippen molar-refractivity contribution in [3.05, 3.63) is 0 Å². The second kappa shape index (κ2) is 40.7. The molecule has 0 amide bonds. The van der Waals surface area contributed by atoms with Gasteiger partial charge >= 0.3 is 5.97 Å². The number of hydrogen-bond acceptors (Lipinski definition) is 10. The van der Waals surface area contributed by atoms with E-state index in [1.807, 2.05) is 0 Å². The summed E-state index contributed by atoms with van der Waals surface area (Å²) in [6.07, 6.45) is 22.4. The number of carbonyl (C=O) groups is 1. The highest BCUT2D eigenvalue weighted by Crippen LogP contribution is 2.13. The molecule has 0 heterocycles. The lowest BCUT2D eigenvalue weighted by molar-refractivity contribution is -0.145. The zero-order chi connectivity index (χ0) is 32.6. The Morgan fingerprint density at radius 2 is 0.711 bits per heavy atom. The standard InChI is InChI=1S/C35H66O10/c1-3-5-6-7-8-9-10-11-12-13-14-15-16-17-35(36)45-34-33-44-32-31-43-30-29-42-28-27-41-26-25-40-24-23-39-22-21-38-20-19-37-18-4-2/h2H,3,5-34H2,1H3. The van der Waals surface area contributed by atoms with Gasteiger partial charge < -0.3 is 42.6 Å². The molecule has 0 saturated heterocycles. The molecule has 0 aromatic rings. The van der Waals surface area contributed by atoms with E-state index in [0.717, 1.165) is 12.8 Å². The molecule has 0 aromatic carbocycles. The molecule has 10 heteroatoms. The number of ether oxygens (including phenoxy) is 9. The van der Waals surface area contributed by atoms with Gasteiger partial charge in [0.25, 0.3) is 0 Å². The van der Waals surface area contributed by atoms with Crippen molar-refractivity contribution in [2.24, 2.45) is 0 Å². The average molecular weight is 647 g/mol. The van der Waals surface area contributed by atoms with Gasteiger partial charge in [0.15, 0.2) is 0 Å². The van der Waals surface area contributed by atoms with Gasteiger partial charge in [-0.05, 0) is 6.42 Å². The molecular weight excluding hydrogens is 580 g/mol. The Balaban J connectivity index is 3.13. The van der Waals surface area contributed by atoms with Crippen molar-refractivity contribution in [1.29, 1.82) is 0 Å². The normalized spacial score (nSPS) is 11.2. The molecule has 0 saturated carbocycles. The smallest absolute Gasteiger partial charge is 0.305 e. The van der Waals surface area contributed by atoms with Gasteiger partial charge in [0.05, 0.1) is 99.1 Å². The Hall–Kier alpha value is -1.29. The van der Waals surface area contributed by atoms with Crippen LogP contribution in [-0.2, 0) is 47.4 Å². The fourth-order valence-electron chi connectivity index (χ4n) is 4.24. The van der Waals surface area contributed by atoms with Crippen LogP contribution in [-0.4, -0.2) is 118 Å². The molecule has 0 aromatic heterocycles. The Bertz CT molecular complexity index is 614. The first-order chi connectivity index (χ1) is 22.3. The zero-order valence-electron chi connectivity index (χ0n) is 28.6. The molecule has 0 aliphatic heterocycles. The van der Waals surface area contributed by atoms with Crippen LogP contribution in [0.2, 0.25) is 0 Å². The number of terminal acetylenes is 1. The summed E-state index contributed by atoms with van der Waals surface area (Å²) in [7, 11) is 0. The van der Waals surface area contributed by atoms with Crippen molar-refractivity contribution in [3.8, 4) is 12.3 Å². The first-order valence-electron chi connectivity index (χ1n) is 17.5. The van der Waals surface area contributed by atoms with Gasteiger partial charge in [-0.2, -0.15) is 0 Å². The molecule has 10 nitrogen and oxygen atoms in total. The van der Waals surface area contributed by atoms with E-state index < -0.39 is 0 Å². The predicted molar refractivity (Wildman–Crippen MR) is 177 cm³/mol. The first kappa shape index (κ1) is 43.7. The van der Waals surface area contributed by atoms with Crippen molar-refractivity contribution in [2.45, 2.75) is 96.8 Å². The first-order valence-corrected chi connectivity index (χ1v) is 17.5. The van der Waals surface area contributed by atoms with Crippen LogP contribution in [0.3, 0.4) is 0 Å². The maximum absolute atomic E-state index is 11.8. The van der Waals surface area contributed by atoms with Gasteiger partial charge in [0, 0.05) is 6.42 Å². The minimum absolute atomic E-state index is 0.130.